The van der Waals surface area contributed by atoms with Gasteiger partial charge in [-0.2, -0.15) is 4.31 Å². The third kappa shape index (κ3) is 4.31. The molecular weight excluding hydrogens is 458 g/mol. The molecule has 1 saturated heterocycles. The van der Waals surface area contributed by atoms with Crippen molar-refractivity contribution >= 4 is 37.5 Å². The molecule has 4 aromatic rings. The van der Waals surface area contributed by atoms with Crippen molar-refractivity contribution in [2.24, 2.45) is 0 Å². The number of nitrogens with one attached hydrogen (secondary N) is 1. The number of carbonyl (C=O) groups is 1. The van der Waals surface area contributed by atoms with Gasteiger partial charge in [-0.25, -0.2) is 13.4 Å². The Balaban J connectivity index is 1.26. The van der Waals surface area contributed by atoms with Crippen molar-refractivity contribution in [1.82, 2.24) is 14.6 Å². The van der Waals surface area contributed by atoms with Crippen LogP contribution in [0.3, 0.4) is 0 Å². The van der Waals surface area contributed by atoms with Crippen molar-refractivity contribution in [3.63, 3.8) is 0 Å². The number of amides is 1. The molecule has 2 aromatic carbocycles. The maximum absolute atomic E-state index is 13.1. The Morgan fingerprint density at radius 3 is 2.73 bits per heavy atom. The number of para-hydroxylation sites is 1. The first kappa shape index (κ1) is 21.8. The van der Waals surface area contributed by atoms with Gasteiger partial charge in [0.1, 0.15) is 11.8 Å². The largest absolute Gasteiger partial charge is 0.457 e. The SMILES string of the molecule is Cc1ccc(S(=O)(=O)N2CCC[C@H]2C(=O)NCc2ccc(-c3nc4ccccc4s3)o2)cc1. The minimum absolute atomic E-state index is 0.179. The number of furan rings is 1. The number of aryl methyl sites for hydroxylation is 1. The van der Waals surface area contributed by atoms with Gasteiger partial charge in [0.25, 0.3) is 0 Å². The number of thiazole rings is 1. The van der Waals surface area contributed by atoms with Crippen LogP contribution in [0.4, 0.5) is 0 Å². The molecule has 1 N–H and O–H groups in total. The Bertz CT molecular complexity index is 1370. The molecule has 7 nitrogen and oxygen atoms in total. The third-order valence-electron chi connectivity index (χ3n) is 5.74. The summed E-state index contributed by atoms with van der Waals surface area (Å²) in [7, 11) is -3.74. The van der Waals surface area contributed by atoms with Crippen LogP contribution in [-0.2, 0) is 21.4 Å². The molecule has 0 radical (unpaired) electrons. The predicted molar refractivity (Wildman–Crippen MR) is 127 cm³/mol. The molecule has 3 heterocycles. The van der Waals surface area contributed by atoms with E-state index in [-0.39, 0.29) is 17.3 Å². The van der Waals surface area contributed by atoms with E-state index in [2.05, 4.69) is 10.3 Å². The topological polar surface area (TPSA) is 92.5 Å². The van der Waals surface area contributed by atoms with Gasteiger partial charge in [0, 0.05) is 6.54 Å². The van der Waals surface area contributed by atoms with Crippen LogP contribution in [0.5, 0.6) is 0 Å². The van der Waals surface area contributed by atoms with Gasteiger partial charge >= 0.3 is 0 Å². The summed E-state index contributed by atoms with van der Waals surface area (Å²) in [6, 6.07) is 17.5. The Morgan fingerprint density at radius 2 is 1.94 bits per heavy atom. The highest BCUT2D eigenvalue weighted by molar-refractivity contribution is 7.89. The van der Waals surface area contributed by atoms with E-state index >= 15 is 0 Å². The average molecular weight is 482 g/mol. The van der Waals surface area contributed by atoms with Crippen molar-refractivity contribution in [2.45, 2.75) is 37.2 Å². The molecule has 1 atom stereocenters. The van der Waals surface area contributed by atoms with Gasteiger partial charge in [-0.1, -0.05) is 29.8 Å². The number of aromatic nitrogens is 1. The molecule has 1 fully saturated rings. The molecule has 5 rings (SSSR count). The van der Waals surface area contributed by atoms with Crippen molar-refractivity contribution in [1.29, 1.82) is 0 Å². The van der Waals surface area contributed by atoms with Crippen LogP contribution in [0.25, 0.3) is 21.0 Å². The van der Waals surface area contributed by atoms with Crippen LogP contribution in [0.1, 0.15) is 24.2 Å². The third-order valence-corrected chi connectivity index (χ3v) is 8.71. The Labute approximate surface area is 196 Å². The summed E-state index contributed by atoms with van der Waals surface area (Å²) >= 11 is 1.54. The fourth-order valence-electron chi connectivity index (χ4n) is 3.99. The van der Waals surface area contributed by atoms with Crippen LogP contribution in [-0.4, -0.2) is 36.2 Å². The van der Waals surface area contributed by atoms with E-state index in [9.17, 15) is 13.2 Å². The lowest BCUT2D eigenvalue weighted by molar-refractivity contribution is -0.124. The number of nitrogens with zero attached hydrogens (tertiary/aromatic N) is 2. The first-order chi connectivity index (χ1) is 15.9. The molecule has 0 saturated carbocycles. The highest BCUT2D eigenvalue weighted by Crippen LogP contribution is 2.31. The Morgan fingerprint density at radius 1 is 1.15 bits per heavy atom. The van der Waals surface area contributed by atoms with E-state index in [0.29, 0.717) is 30.9 Å². The number of benzene rings is 2. The molecule has 0 unspecified atom stereocenters. The summed E-state index contributed by atoms with van der Waals surface area (Å²) in [4.78, 5) is 17.7. The summed E-state index contributed by atoms with van der Waals surface area (Å²) < 4.78 is 34.5. The minimum atomic E-state index is -3.74. The molecule has 33 heavy (non-hydrogen) atoms. The van der Waals surface area contributed by atoms with E-state index in [1.807, 2.05) is 37.3 Å². The number of fused-ring (bicyclic) bond motifs is 1. The number of rotatable bonds is 6. The van der Waals surface area contributed by atoms with E-state index in [4.69, 9.17) is 4.42 Å². The number of hydrogen-bond acceptors (Lipinski definition) is 6. The first-order valence-corrected chi connectivity index (χ1v) is 13.0. The van der Waals surface area contributed by atoms with Gasteiger partial charge in [0.05, 0.1) is 21.7 Å². The summed E-state index contributed by atoms with van der Waals surface area (Å²) in [5.74, 6) is 0.912. The fraction of sp³-hybridized carbons (Fsp3) is 0.250. The second kappa shape index (κ2) is 8.74. The average Bonchev–Trinajstić information content (AvgIpc) is 3.57. The summed E-state index contributed by atoms with van der Waals surface area (Å²) in [5.41, 5.74) is 1.90. The zero-order valence-electron chi connectivity index (χ0n) is 18.0. The molecule has 0 spiro atoms. The van der Waals surface area contributed by atoms with E-state index < -0.39 is 16.1 Å². The summed E-state index contributed by atoms with van der Waals surface area (Å²) in [6.45, 7) is 2.41. The van der Waals surface area contributed by atoms with Crippen molar-refractivity contribution in [3.05, 3.63) is 72.0 Å². The maximum Gasteiger partial charge on any atom is 0.243 e. The zero-order valence-corrected chi connectivity index (χ0v) is 19.7. The first-order valence-electron chi connectivity index (χ1n) is 10.7. The van der Waals surface area contributed by atoms with Gasteiger partial charge in [-0.05, 0) is 56.2 Å². The number of sulfonamides is 1. The monoisotopic (exact) mass is 481 g/mol. The molecule has 1 aliphatic rings. The molecule has 1 amide bonds. The van der Waals surface area contributed by atoms with Crippen LogP contribution in [0.2, 0.25) is 0 Å². The van der Waals surface area contributed by atoms with Crippen molar-refractivity contribution in [3.8, 4) is 10.8 Å². The lowest BCUT2D eigenvalue weighted by Crippen LogP contribution is -2.45. The smallest absolute Gasteiger partial charge is 0.243 e. The quantitative estimate of drug-likeness (QED) is 0.442. The molecule has 1 aliphatic heterocycles. The summed E-state index contributed by atoms with van der Waals surface area (Å²) in [6.07, 6.45) is 1.14. The zero-order chi connectivity index (χ0) is 23.0. The normalized spacial score (nSPS) is 16.9. The fourth-order valence-corrected chi connectivity index (χ4v) is 6.58. The van der Waals surface area contributed by atoms with Gasteiger partial charge in [-0.15, -0.1) is 11.3 Å². The van der Waals surface area contributed by atoms with Crippen LogP contribution < -0.4 is 5.32 Å². The van der Waals surface area contributed by atoms with Crippen LogP contribution in [0, 0.1) is 6.92 Å². The number of hydrogen-bond donors (Lipinski definition) is 1. The van der Waals surface area contributed by atoms with E-state index in [1.165, 1.54) is 4.31 Å². The molecular formula is C24H23N3O4S2. The van der Waals surface area contributed by atoms with Crippen LogP contribution in [0.15, 0.2) is 70.0 Å². The summed E-state index contributed by atoms with van der Waals surface area (Å²) in [5, 5.41) is 3.62. The van der Waals surface area contributed by atoms with Gasteiger partial charge in [0.2, 0.25) is 15.9 Å². The second-order valence-corrected chi connectivity index (χ2v) is 11.0. The molecule has 0 aliphatic carbocycles. The van der Waals surface area contributed by atoms with E-state index in [1.54, 1.807) is 41.7 Å². The Hall–Kier alpha value is -3.01. The van der Waals surface area contributed by atoms with Gasteiger partial charge in [0.15, 0.2) is 10.8 Å². The lowest BCUT2D eigenvalue weighted by atomic mass is 10.2. The van der Waals surface area contributed by atoms with Crippen LogP contribution >= 0.6 is 11.3 Å². The molecule has 0 bridgehead atoms. The molecule has 9 heteroatoms. The standard InChI is InChI=1S/C24H23N3O4S2/c1-16-8-11-18(12-9-16)33(29,30)27-14-4-6-20(27)23(28)25-15-17-10-13-21(31-17)24-26-19-5-2-3-7-22(19)32-24/h2-3,5,7-13,20H,4,6,14-15H2,1H3,(H,25,28)/t20-/m0/s1. The maximum atomic E-state index is 13.1. The lowest BCUT2D eigenvalue weighted by Gasteiger charge is -2.23. The second-order valence-electron chi connectivity index (χ2n) is 8.06. The van der Waals surface area contributed by atoms with E-state index in [0.717, 1.165) is 20.8 Å². The minimum Gasteiger partial charge on any atom is -0.457 e. The van der Waals surface area contributed by atoms with Crippen molar-refractivity contribution < 1.29 is 17.6 Å². The van der Waals surface area contributed by atoms with Gasteiger partial charge < -0.3 is 9.73 Å². The molecule has 170 valence electrons. The van der Waals surface area contributed by atoms with Gasteiger partial charge in [-0.3, -0.25) is 4.79 Å². The molecule has 2 aromatic heterocycles. The number of carbonyl (C=O) groups excluding carboxylic acids is 1. The predicted octanol–water partition coefficient (Wildman–Crippen LogP) is 4.33. The highest BCUT2D eigenvalue weighted by Gasteiger charge is 2.39. The van der Waals surface area contributed by atoms with Crippen molar-refractivity contribution in [2.75, 3.05) is 6.54 Å². The Kier molecular flexibility index (Phi) is 5.77. The highest BCUT2D eigenvalue weighted by atomic mass is 32.2.